The van der Waals surface area contributed by atoms with Crippen molar-refractivity contribution in [2.45, 2.75) is 20.0 Å². The summed E-state index contributed by atoms with van der Waals surface area (Å²) in [7, 11) is 0. The monoisotopic (exact) mass is 351 g/mol. The van der Waals surface area contributed by atoms with Gasteiger partial charge >= 0.3 is 0 Å². The SMILES string of the molecule is Cc1nc2ccccn2c1C(=O)N(Cc1ccoc1)Cc1cccs1. The molecular weight excluding hydrogens is 334 g/mol. The van der Waals surface area contributed by atoms with E-state index in [1.165, 1.54) is 0 Å². The zero-order valence-corrected chi connectivity index (χ0v) is 14.6. The van der Waals surface area contributed by atoms with Crippen LogP contribution in [0.2, 0.25) is 0 Å². The average Bonchev–Trinajstić information content (AvgIpc) is 3.34. The molecule has 25 heavy (non-hydrogen) atoms. The summed E-state index contributed by atoms with van der Waals surface area (Å²) in [6.45, 7) is 2.93. The lowest BCUT2D eigenvalue weighted by Crippen LogP contribution is -2.31. The topological polar surface area (TPSA) is 50.8 Å². The van der Waals surface area contributed by atoms with E-state index in [-0.39, 0.29) is 5.91 Å². The quantitative estimate of drug-likeness (QED) is 0.543. The largest absolute Gasteiger partial charge is 0.472 e. The minimum Gasteiger partial charge on any atom is -0.472 e. The standard InChI is InChI=1S/C19H17N3O2S/c1-14-18(22-8-3-2-6-17(22)20-14)19(23)21(11-15-7-9-24-13-15)12-16-5-4-10-25-16/h2-10,13H,11-12H2,1H3. The molecule has 6 heteroatoms. The number of carbonyl (C=O) groups excluding carboxylic acids is 1. The molecule has 0 radical (unpaired) electrons. The molecule has 0 unspecified atom stereocenters. The van der Waals surface area contributed by atoms with Crippen molar-refractivity contribution in [2.75, 3.05) is 0 Å². The van der Waals surface area contributed by atoms with Crippen LogP contribution in [0.4, 0.5) is 0 Å². The highest BCUT2D eigenvalue weighted by atomic mass is 32.1. The van der Waals surface area contributed by atoms with Crippen LogP contribution in [0.5, 0.6) is 0 Å². The average molecular weight is 351 g/mol. The number of rotatable bonds is 5. The molecule has 4 aromatic heterocycles. The molecule has 4 rings (SSSR count). The predicted octanol–water partition coefficient (Wildman–Crippen LogP) is 4.14. The molecule has 0 spiro atoms. The Morgan fingerprint density at radius 2 is 2.16 bits per heavy atom. The van der Waals surface area contributed by atoms with Crippen LogP contribution in [0.15, 0.2) is 64.9 Å². The molecule has 0 aromatic carbocycles. The normalized spacial score (nSPS) is 11.1. The molecule has 4 heterocycles. The highest BCUT2D eigenvalue weighted by Crippen LogP contribution is 2.20. The van der Waals surface area contributed by atoms with E-state index in [0.29, 0.717) is 18.8 Å². The molecule has 0 saturated carbocycles. The fraction of sp³-hybridized carbons (Fsp3) is 0.158. The van der Waals surface area contributed by atoms with E-state index in [0.717, 1.165) is 21.8 Å². The fourth-order valence-electron chi connectivity index (χ4n) is 2.91. The molecule has 0 N–H and O–H groups in total. The van der Waals surface area contributed by atoms with Crippen molar-refractivity contribution in [1.82, 2.24) is 14.3 Å². The Hall–Kier alpha value is -2.86. The number of furan rings is 1. The Labute approximate surface area is 149 Å². The first kappa shape index (κ1) is 15.7. The second kappa shape index (κ2) is 6.57. The Balaban J connectivity index is 1.72. The molecular formula is C19H17N3O2S. The summed E-state index contributed by atoms with van der Waals surface area (Å²) in [6, 6.07) is 11.7. The summed E-state index contributed by atoms with van der Waals surface area (Å²) in [6.07, 6.45) is 5.18. The van der Waals surface area contributed by atoms with Crippen LogP contribution in [0.25, 0.3) is 5.65 Å². The fourth-order valence-corrected chi connectivity index (χ4v) is 3.63. The van der Waals surface area contributed by atoms with E-state index in [4.69, 9.17) is 4.42 Å². The maximum Gasteiger partial charge on any atom is 0.273 e. The lowest BCUT2D eigenvalue weighted by Gasteiger charge is -2.21. The first-order chi connectivity index (χ1) is 12.2. The lowest BCUT2D eigenvalue weighted by molar-refractivity contribution is 0.0723. The zero-order valence-electron chi connectivity index (χ0n) is 13.8. The van der Waals surface area contributed by atoms with Crippen LogP contribution in [-0.2, 0) is 13.1 Å². The predicted molar refractivity (Wildman–Crippen MR) is 96.5 cm³/mol. The molecule has 0 aliphatic heterocycles. The second-order valence-electron chi connectivity index (χ2n) is 5.85. The third-order valence-corrected chi connectivity index (χ3v) is 4.94. The van der Waals surface area contributed by atoms with Gasteiger partial charge in [0.1, 0.15) is 11.3 Å². The van der Waals surface area contributed by atoms with Crippen molar-refractivity contribution < 1.29 is 9.21 Å². The van der Waals surface area contributed by atoms with Crippen molar-refractivity contribution >= 4 is 22.9 Å². The van der Waals surface area contributed by atoms with Gasteiger partial charge in [0.15, 0.2) is 0 Å². The third kappa shape index (κ3) is 3.08. The van der Waals surface area contributed by atoms with Crippen molar-refractivity contribution in [3.63, 3.8) is 0 Å². The van der Waals surface area contributed by atoms with Gasteiger partial charge in [-0.2, -0.15) is 0 Å². The van der Waals surface area contributed by atoms with Crippen LogP contribution in [0.3, 0.4) is 0 Å². The number of pyridine rings is 1. The molecule has 126 valence electrons. The summed E-state index contributed by atoms with van der Waals surface area (Å²) in [5.74, 6) is -0.0363. The van der Waals surface area contributed by atoms with Gasteiger partial charge in [-0.15, -0.1) is 11.3 Å². The Kier molecular flexibility index (Phi) is 4.11. The van der Waals surface area contributed by atoms with Gasteiger partial charge in [-0.25, -0.2) is 4.98 Å². The molecule has 0 bridgehead atoms. The first-order valence-electron chi connectivity index (χ1n) is 7.99. The van der Waals surface area contributed by atoms with Crippen LogP contribution >= 0.6 is 11.3 Å². The van der Waals surface area contributed by atoms with E-state index >= 15 is 0 Å². The number of fused-ring (bicyclic) bond motifs is 1. The maximum absolute atomic E-state index is 13.3. The van der Waals surface area contributed by atoms with Crippen molar-refractivity contribution in [2.24, 2.45) is 0 Å². The Bertz CT molecular complexity index is 951. The maximum atomic E-state index is 13.3. The first-order valence-corrected chi connectivity index (χ1v) is 8.87. The van der Waals surface area contributed by atoms with Gasteiger partial charge in [0.05, 0.1) is 24.8 Å². The number of aryl methyl sites for hydroxylation is 1. The van der Waals surface area contributed by atoms with E-state index in [9.17, 15) is 4.79 Å². The lowest BCUT2D eigenvalue weighted by atomic mass is 10.2. The molecule has 4 aromatic rings. The van der Waals surface area contributed by atoms with Gasteiger partial charge in [0.25, 0.3) is 5.91 Å². The number of hydrogen-bond donors (Lipinski definition) is 0. The summed E-state index contributed by atoms with van der Waals surface area (Å²) in [4.78, 5) is 20.8. The number of imidazole rings is 1. The van der Waals surface area contributed by atoms with Gasteiger partial charge in [-0.05, 0) is 36.6 Å². The minimum absolute atomic E-state index is 0.0363. The van der Waals surface area contributed by atoms with Crippen LogP contribution in [-0.4, -0.2) is 20.2 Å². The van der Waals surface area contributed by atoms with Gasteiger partial charge in [-0.1, -0.05) is 12.1 Å². The minimum atomic E-state index is -0.0363. The van der Waals surface area contributed by atoms with E-state index in [1.54, 1.807) is 23.9 Å². The summed E-state index contributed by atoms with van der Waals surface area (Å²) >= 11 is 1.65. The van der Waals surface area contributed by atoms with Crippen LogP contribution in [0.1, 0.15) is 26.6 Å². The smallest absolute Gasteiger partial charge is 0.273 e. The van der Waals surface area contributed by atoms with Crippen molar-refractivity contribution in [3.8, 4) is 0 Å². The zero-order chi connectivity index (χ0) is 17.2. The second-order valence-corrected chi connectivity index (χ2v) is 6.88. The van der Waals surface area contributed by atoms with Crippen molar-refractivity contribution in [1.29, 1.82) is 0 Å². The van der Waals surface area contributed by atoms with Crippen molar-refractivity contribution in [3.05, 3.63) is 82.3 Å². The molecule has 0 saturated heterocycles. The van der Waals surface area contributed by atoms with Gasteiger partial charge in [0.2, 0.25) is 0 Å². The third-order valence-electron chi connectivity index (χ3n) is 4.07. The number of nitrogens with zero attached hydrogens (tertiary/aromatic N) is 3. The summed E-state index contributed by atoms with van der Waals surface area (Å²) in [5, 5.41) is 2.02. The summed E-state index contributed by atoms with van der Waals surface area (Å²) in [5.41, 5.74) is 3.09. The van der Waals surface area contributed by atoms with Gasteiger partial charge < -0.3 is 9.32 Å². The summed E-state index contributed by atoms with van der Waals surface area (Å²) < 4.78 is 7.02. The number of hydrogen-bond acceptors (Lipinski definition) is 4. The van der Waals surface area contributed by atoms with E-state index in [1.807, 2.05) is 64.2 Å². The number of aromatic nitrogens is 2. The highest BCUT2D eigenvalue weighted by Gasteiger charge is 2.23. The van der Waals surface area contributed by atoms with Gasteiger partial charge in [0, 0.05) is 23.2 Å². The van der Waals surface area contributed by atoms with Crippen LogP contribution < -0.4 is 0 Å². The molecule has 5 nitrogen and oxygen atoms in total. The number of amides is 1. The van der Waals surface area contributed by atoms with E-state index < -0.39 is 0 Å². The molecule has 1 amide bonds. The number of thiophene rings is 1. The van der Waals surface area contributed by atoms with Crippen LogP contribution in [0, 0.1) is 6.92 Å². The molecule has 0 aliphatic rings. The van der Waals surface area contributed by atoms with Gasteiger partial charge in [-0.3, -0.25) is 9.20 Å². The Morgan fingerprint density at radius 1 is 1.24 bits per heavy atom. The number of carbonyl (C=O) groups is 1. The molecule has 0 atom stereocenters. The highest BCUT2D eigenvalue weighted by molar-refractivity contribution is 7.09. The van der Waals surface area contributed by atoms with E-state index in [2.05, 4.69) is 4.98 Å². The molecule has 0 fully saturated rings. The molecule has 0 aliphatic carbocycles. The Morgan fingerprint density at radius 3 is 2.92 bits per heavy atom.